The van der Waals surface area contributed by atoms with Gasteiger partial charge in [-0.2, -0.15) is 39.5 Å². The molecule has 0 aliphatic heterocycles. The standard InChI is InChI=1S/C19H14Br2F3N5.2C2HF3O2/c20-13-11(5-4-9-2-1-3-10(8-9)19(22,23)24)17(21)28-15(13)16-14-12(6-7-26-16)27-18(25)29-14;2*3-2(4,5)1(6)7/h1-3,6-8,28H,4-5H2,(H3,25,27,29);2*(H,6,7). The second-order valence-corrected chi connectivity index (χ2v) is 9.67. The average molecular weight is 757 g/mol. The van der Waals surface area contributed by atoms with E-state index in [4.69, 9.17) is 25.5 Å². The first-order valence-electron chi connectivity index (χ1n) is 11.1. The Hall–Kier alpha value is -3.81. The van der Waals surface area contributed by atoms with Crippen LogP contribution in [0.1, 0.15) is 16.7 Å². The van der Waals surface area contributed by atoms with Crippen molar-refractivity contribution in [3.05, 3.63) is 62.3 Å². The van der Waals surface area contributed by atoms with E-state index in [1.165, 1.54) is 12.1 Å². The van der Waals surface area contributed by atoms with Gasteiger partial charge in [0.15, 0.2) is 5.95 Å². The average Bonchev–Trinajstić information content (AvgIpc) is 3.39. The van der Waals surface area contributed by atoms with Crippen molar-refractivity contribution in [1.82, 2.24) is 19.9 Å². The molecule has 9 nitrogen and oxygen atoms in total. The lowest BCUT2D eigenvalue weighted by Gasteiger charge is -2.09. The highest BCUT2D eigenvalue weighted by molar-refractivity contribution is 9.11. The van der Waals surface area contributed by atoms with Gasteiger partial charge in [0.1, 0.15) is 11.2 Å². The van der Waals surface area contributed by atoms with E-state index in [-0.39, 0.29) is 0 Å². The summed E-state index contributed by atoms with van der Waals surface area (Å²) in [6, 6.07) is 7.16. The summed E-state index contributed by atoms with van der Waals surface area (Å²) in [6.45, 7) is 0. The van der Waals surface area contributed by atoms with E-state index >= 15 is 0 Å². The van der Waals surface area contributed by atoms with Crippen LogP contribution in [0.5, 0.6) is 0 Å². The number of benzene rings is 1. The molecule has 4 aromatic rings. The maximum atomic E-state index is 12.9. The fourth-order valence-corrected chi connectivity index (χ4v) is 4.72. The van der Waals surface area contributed by atoms with E-state index in [0.29, 0.717) is 41.3 Å². The van der Waals surface area contributed by atoms with Crippen molar-refractivity contribution in [2.24, 2.45) is 0 Å². The largest absolute Gasteiger partial charge is 0.490 e. The molecule has 3 aromatic heterocycles. The molecule has 0 spiro atoms. The summed E-state index contributed by atoms with van der Waals surface area (Å²) in [5.41, 5.74) is 9.35. The molecule has 0 fully saturated rings. The number of nitrogens with one attached hydrogen (secondary N) is 2. The van der Waals surface area contributed by atoms with Gasteiger partial charge < -0.3 is 25.9 Å². The Balaban J connectivity index is 0.000000384. The first-order valence-corrected chi connectivity index (χ1v) is 12.6. The Morgan fingerprint density at radius 1 is 0.884 bits per heavy atom. The molecule has 3 heterocycles. The fourth-order valence-electron chi connectivity index (χ4n) is 3.18. The number of fused-ring (bicyclic) bond motifs is 1. The predicted molar refractivity (Wildman–Crippen MR) is 140 cm³/mol. The van der Waals surface area contributed by atoms with Crippen molar-refractivity contribution in [3.63, 3.8) is 0 Å². The van der Waals surface area contributed by atoms with Gasteiger partial charge >= 0.3 is 30.5 Å². The number of H-pyrrole nitrogens is 2. The summed E-state index contributed by atoms with van der Waals surface area (Å²) < 4.78 is 104. The van der Waals surface area contributed by atoms with Gasteiger partial charge in [0.25, 0.3) is 0 Å². The number of nitrogens with zero attached hydrogens (tertiary/aromatic N) is 2. The van der Waals surface area contributed by atoms with Crippen molar-refractivity contribution in [2.75, 3.05) is 5.73 Å². The minimum Gasteiger partial charge on any atom is -0.475 e. The minimum absolute atomic E-state index is 0.292. The maximum Gasteiger partial charge on any atom is 0.490 e. The second kappa shape index (κ2) is 13.7. The number of aliphatic carboxylic acids is 2. The van der Waals surface area contributed by atoms with E-state index in [1.807, 2.05) is 0 Å². The van der Waals surface area contributed by atoms with E-state index in [1.54, 1.807) is 18.3 Å². The van der Waals surface area contributed by atoms with E-state index in [0.717, 1.165) is 26.2 Å². The first-order chi connectivity index (χ1) is 19.6. The van der Waals surface area contributed by atoms with Crippen LogP contribution in [-0.2, 0) is 28.6 Å². The summed E-state index contributed by atoms with van der Waals surface area (Å²) in [5, 5.41) is 14.2. The predicted octanol–water partition coefficient (Wildman–Crippen LogP) is 7.13. The van der Waals surface area contributed by atoms with Crippen LogP contribution in [0.3, 0.4) is 0 Å². The zero-order valence-corrected chi connectivity index (χ0v) is 23.9. The van der Waals surface area contributed by atoms with Crippen LogP contribution in [-0.4, -0.2) is 54.4 Å². The quantitative estimate of drug-likeness (QED) is 0.139. The normalized spacial score (nSPS) is 11.8. The number of anilines is 1. The molecule has 0 unspecified atom stereocenters. The SMILES string of the molecule is Nc1nc2c(-c3[nH]c(Br)c(CCc4cccc(C(F)(F)F)c4)c3Br)nccc2[nH]1.O=C(O)C(F)(F)F.O=C(O)C(F)(F)F. The van der Waals surface area contributed by atoms with Crippen molar-refractivity contribution >= 4 is 60.8 Å². The van der Waals surface area contributed by atoms with Crippen LogP contribution in [0.15, 0.2) is 45.6 Å². The Morgan fingerprint density at radius 3 is 1.95 bits per heavy atom. The number of rotatable bonds is 4. The molecule has 4 rings (SSSR count). The van der Waals surface area contributed by atoms with Crippen LogP contribution in [0, 0.1) is 0 Å². The number of aryl methyl sites for hydroxylation is 1. The molecule has 0 radical (unpaired) electrons. The molecule has 0 atom stereocenters. The van der Waals surface area contributed by atoms with E-state index in [9.17, 15) is 39.5 Å². The van der Waals surface area contributed by atoms with Crippen molar-refractivity contribution in [2.45, 2.75) is 31.4 Å². The smallest absolute Gasteiger partial charge is 0.475 e. The lowest BCUT2D eigenvalue weighted by atomic mass is 10.0. The number of nitrogens with two attached hydrogens (primary N) is 1. The molecule has 0 saturated carbocycles. The lowest BCUT2D eigenvalue weighted by molar-refractivity contribution is -0.193. The summed E-state index contributed by atoms with van der Waals surface area (Å²) in [6.07, 6.45) is -11.9. The Kier molecular flexibility index (Phi) is 11.2. The van der Waals surface area contributed by atoms with Crippen LogP contribution in [0.25, 0.3) is 22.4 Å². The number of aromatic amines is 2. The third-order valence-corrected chi connectivity index (χ3v) is 6.60. The highest BCUT2D eigenvalue weighted by Crippen LogP contribution is 2.38. The minimum atomic E-state index is -5.08. The van der Waals surface area contributed by atoms with Gasteiger partial charge in [-0.1, -0.05) is 18.2 Å². The molecule has 0 aliphatic carbocycles. The Morgan fingerprint density at radius 2 is 1.44 bits per heavy atom. The molecule has 0 aliphatic rings. The number of halogens is 11. The molecule has 0 amide bonds. The number of pyridine rings is 1. The number of nitrogen functional groups attached to an aromatic ring is 1. The molecule has 0 bridgehead atoms. The zero-order valence-electron chi connectivity index (χ0n) is 20.7. The van der Waals surface area contributed by atoms with Gasteiger partial charge in [0, 0.05) is 10.7 Å². The van der Waals surface area contributed by atoms with Crippen molar-refractivity contribution in [3.8, 4) is 11.4 Å². The van der Waals surface area contributed by atoms with Gasteiger partial charge in [-0.15, -0.1) is 0 Å². The highest BCUT2D eigenvalue weighted by atomic mass is 79.9. The van der Waals surface area contributed by atoms with Gasteiger partial charge in [0.05, 0.1) is 21.4 Å². The van der Waals surface area contributed by atoms with Crippen LogP contribution >= 0.6 is 31.9 Å². The summed E-state index contributed by atoms with van der Waals surface area (Å²) in [5.74, 6) is -5.22. The third-order valence-electron chi connectivity index (χ3n) is 5.04. The number of alkyl halides is 9. The summed E-state index contributed by atoms with van der Waals surface area (Å²) >= 11 is 7.11. The topological polar surface area (TPSA) is 158 Å². The number of imidazole rings is 1. The van der Waals surface area contributed by atoms with Gasteiger partial charge in [0.2, 0.25) is 0 Å². The number of carboxylic acid groups (broad SMARTS) is 2. The number of hydrogen-bond acceptors (Lipinski definition) is 5. The summed E-state index contributed by atoms with van der Waals surface area (Å²) in [7, 11) is 0. The highest BCUT2D eigenvalue weighted by Gasteiger charge is 2.39. The molecular formula is C23H16Br2F9N5O4. The molecule has 43 heavy (non-hydrogen) atoms. The molecule has 234 valence electrons. The zero-order chi connectivity index (χ0) is 32.9. The van der Waals surface area contributed by atoms with E-state index in [2.05, 4.69) is 51.8 Å². The molecule has 0 saturated heterocycles. The summed E-state index contributed by atoms with van der Waals surface area (Å²) in [4.78, 5) is 32.7. The molecule has 1 aromatic carbocycles. The lowest BCUT2D eigenvalue weighted by Crippen LogP contribution is -2.21. The monoisotopic (exact) mass is 755 g/mol. The van der Waals surface area contributed by atoms with Gasteiger partial charge in [-0.3, -0.25) is 4.98 Å². The third kappa shape index (κ3) is 9.87. The van der Waals surface area contributed by atoms with Crippen LogP contribution in [0.4, 0.5) is 45.5 Å². The molecule has 20 heteroatoms. The number of carboxylic acids is 2. The van der Waals surface area contributed by atoms with Crippen molar-refractivity contribution < 1.29 is 59.3 Å². The van der Waals surface area contributed by atoms with Crippen molar-refractivity contribution in [1.29, 1.82) is 0 Å². The van der Waals surface area contributed by atoms with Gasteiger partial charge in [-0.05, 0) is 68.0 Å². The fraction of sp³-hybridized carbons (Fsp3) is 0.217. The Labute approximate surface area is 250 Å². The number of hydrogen-bond donors (Lipinski definition) is 5. The molecular weight excluding hydrogens is 741 g/mol. The molecule has 6 N–H and O–H groups in total. The Bertz CT molecular complexity index is 1570. The first kappa shape index (κ1) is 35.4. The number of aromatic nitrogens is 4. The van der Waals surface area contributed by atoms with Gasteiger partial charge in [-0.25, -0.2) is 14.6 Å². The second-order valence-electron chi connectivity index (χ2n) is 8.09. The van der Waals surface area contributed by atoms with Crippen LogP contribution in [0.2, 0.25) is 0 Å². The maximum absolute atomic E-state index is 12.9. The number of carbonyl (C=O) groups is 2. The van der Waals surface area contributed by atoms with E-state index < -0.39 is 36.0 Å². The van der Waals surface area contributed by atoms with Crippen LogP contribution < -0.4 is 5.73 Å².